The Morgan fingerprint density at radius 3 is 2.19 bits per heavy atom. The first-order valence-corrected chi connectivity index (χ1v) is 8.34. The van der Waals surface area contributed by atoms with Crippen LogP contribution >= 0.6 is 11.6 Å². The van der Waals surface area contributed by atoms with Gasteiger partial charge in [-0.3, -0.25) is 4.79 Å². The van der Waals surface area contributed by atoms with E-state index in [1.165, 1.54) is 21.3 Å². The van der Waals surface area contributed by atoms with Crippen molar-refractivity contribution >= 4 is 23.2 Å². The number of hydrogen-bond acceptors (Lipinski definition) is 5. The molecule has 26 heavy (non-hydrogen) atoms. The SMILES string of the molecule is CC/C(=N\NC(=O)c1cc(OC)c(OC)c(OC)c1)c1cccc(Cl)c1. The molecule has 0 saturated carbocycles. The Balaban J connectivity index is 2.29. The van der Waals surface area contributed by atoms with Crippen LogP contribution in [0.5, 0.6) is 17.2 Å². The van der Waals surface area contributed by atoms with Crippen molar-refractivity contribution in [1.29, 1.82) is 0 Å². The number of ether oxygens (including phenoxy) is 3. The number of methoxy groups -OCH3 is 3. The van der Waals surface area contributed by atoms with Gasteiger partial charge in [-0.2, -0.15) is 5.10 Å². The summed E-state index contributed by atoms with van der Waals surface area (Å²) in [5.41, 5.74) is 4.47. The minimum atomic E-state index is -0.391. The Hall–Kier alpha value is -2.73. The summed E-state index contributed by atoms with van der Waals surface area (Å²) in [6.07, 6.45) is 0.635. The summed E-state index contributed by atoms with van der Waals surface area (Å²) in [5, 5.41) is 4.84. The highest BCUT2D eigenvalue weighted by Crippen LogP contribution is 2.38. The molecule has 138 valence electrons. The van der Waals surface area contributed by atoms with Gasteiger partial charge in [0.1, 0.15) is 0 Å². The monoisotopic (exact) mass is 376 g/mol. The number of carbonyl (C=O) groups is 1. The predicted molar refractivity (Wildman–Crippen MR) is 102 cm³/mol. The molecule has 0 bridgehead atoms. The molecule has 7 heteroatoms. The van der Waals surface area contributed by atoms with Crippen molar-refractivity contribution in [2.75, 3.05) is 21.3 Å². The van der Waals surface area contributed by atoms with E-state index in [0.717, 1.165) is 5.56 Å². The number of benzene rings is 2. The third-order valence-corrected chi connectivity index (χ3v) is 3.95. The summed E-state index contributed by atoms with van der Waals surface area (Å²) in [4.78, 5) is 12.5. The number of nitrogens with zero attached hydrogens (tertiary/aromatic N) is 1. The zero-order valence-electron chi connectivity index (χ0n) is 15.1. The number of hydrazone groups is 1. The third-order valence-electron chi connectivity index (χ3n) is 3.71. The van der Waals surface area contributed by atoms with E-state index < -0.39 is 5.91 Å². The Bertz CT molecular complexity index is 796. The van der Waals surface area contributed by atoms with Crippen molar-refractivity contribution in [2.24, 2.45) is 5.10 Å². The second-order valence-corrected chi connectivity index (χ2v) is 5.71. The molecule has 0 saturated heterocycles. The molecule has 0 aliphatic heterocycles. The van der Waals surface area contributed by atoms with Crippen LogP contribution in [0.15, 0.2) is 41.5 Å². The number of amides is 1. The quantitative estimate of drug-likeness (QED) is 0.587. The molecule has 0 heterocycles. The van der Waals surface area contributed by atoms with Gasteiger partial charge in [0.2, 0.25) is 5.75 Å². The summed E-state index contributed by atoms with van der Waals surface area (Å²) in [5.74, 6) is 0.818. The van der Waals surface area contributed by atoms with Gasteiger partial charge in [0.05, 0.1) is 27.0 Å². The molecule has 0 atom stereocenters. The molecule has 0 spiro atoms. The van der Waals surface area contributed by atoms with Crippen LogP contribution in [0.25, 0.3) is 0 Å². The van der Waals surface area contributed by atoms with Crippen molar-refractivity contribution in [2.45, 2.75) is 13.3 Å². The Morgan fingerprint density at radius 1 is 1.04 bits per heavy atom. The maximum Gasteiger partial charge on any atom is 0.271 e. The molecule has 2 aromatic carbocycles. The zero-order valence-corrected chi connectivity index (χ0v) is 15.9. The van der Waals surface area contributed by atoms with E-state index in [2.05, 4.69) is 10.5 Å². The van der Waals surface area contributed by atoms with Gasteiger partial charge in [0, 0.05) is 10.6 Å². The second kappa shape index (κ2) is 9.10. The van der Waals surface area contributed by atoms with Gasteiger partial charge in [0.15, 0.2) is 11.5 Å². The van der Waals surface area contributed by atoms with Gasteiger partial charge in [-0.05, 0) is 36.2 Å². The lowest BCUT2D eigenvalue weighted by atomic mass is 10.1. The fourth-order valence-electron chi connectivity index (χ4n) is 2.41. The summed E-state index contributed by atoms with van der Waals surface area (Å²) in [6.45, 7) is 1.95. The van der Waals surface area contributed by atoms with Gasteiger partial charge >= 0.3 is 0 Å². The Kier molecular flexibility index (Phi) is 6.86. The molecule has 0 unspecified atom stereocenters. The highest BCUT2D eigenvalue weighted by atomic mass is 35.5. The van der Waals surface area contributed by atoms with E-state index in [1.54, 1.807) is 24.3 Å². The molecule has 0 aliphatic rings. The molecule has 0 aromatic heterocycles. The normalized spacial score (nSPS) is 11.0. The van der Waals surface area contributed by atoms with Crippen molar-refractivity contribution < 1.29 is 19.0 Å². The second-order valence-electron chi connectivity index (χ2n) is 5.28. The van der Waals surface area contributed by atoms with Crippen LogP contribution in [0, 0.1) is 0 Å². The molecule has 0 aliphatic carbocycles. The number of rotatable bonds is 7. The van der Waals surface area contributed by atoms with Crippen molar-refractivity contribution in [3.05, 3.63) is 52.5 Å². The van der Waals surface area contributed by atoms with E-state index in [9.17, 15) is 4.79 Å². The number of nitrogens with one attached hydrogen (secondary N) is 1. The molecule has 0 radical (unpaired) electrons. The highest BCUT2D eigenvalue weighted by molar-refractivity contribution is 6.31. The van der Waals surface area contributed by atoms with Crippen molar-refractivity contribution in [1.82, 2.24) is 5.43 Å². The van der Waals surface area contributed by atoms with Crippen LogP contribution in [-0.4, -0.2) is 32.9 Å². The van der Waals surface area contributed by atoms with Crippen molar-refractivity contribution in [3.8, 4) is 17.2 Å². The lowest BCUT2D eigenvalue weighted by molar-refractivity contribution is 0.0954. The molecule has 1 N–H and O–H groups in total. The van der Waals surface area contributed by atoms with Gasteiger partial charge in [-0.1, -0.05) is 30.7 Å². The minimum absolute atomic E-state index is 0.338. The fraction of sp³-hybridized carbons (Fsp3) is 0.263. The minimum Gasteiger partial charge on any atom is -0.493 e. The summed E-state index contributed by atoms with van der Waals surface area (Å²) in [7, 11) is 4.49. The van der Waals surface area contributed by atoms with E-state index >= 15 is 0 Å². The molecule has 0 fully saturated rings. The van der Waals surface area contributed by atoms with Gasteiger partial charge in [0.25, 0.3) is 5.91 Å². The average molecular weight is 377 g/mol. The van der Waals surface area contributed by atoms with E-state index in [1.807, 2.05) is 19.1 Å². The summed E-state index contributed by atoms with van der Waals surface area (Å²) in [6, 6.07) is 10.4. The first kappa shape index (κ1) is 19.6. The topological polar surface area (TPSA) is 69.2 Å². The van der Waals surface area contributed by atoms with Gasteiger partial charge < -0.3 is 14.2 Å². The Morgan fingerprint density at radius 2 is 1.69 bits per heavy atom. The Labute approximate surface area is 157 Å². The number of carbonyl (C=O) groups excluding carboxylic acids is 1. The fourth-order valence-corrected chi connectivity index (χ4v) is 2.60. The third kappa shape index (κ3) is 4.46. The standard InChI is InChI=1S/C19H21ClN2O4/c1-5-15(12-7-6-8-14(20)9-12)21-22-19(23)13-10-16(24-2)18(26-4)17(11-13)25-3/h6-11H,5H2,1-4H3,(H,22,23)/b21-15+. The zero-order chi connectivity index (χ0) is 19.1. The van der Waals surface area contributed by atoms with E-state index in [-0.39, 0.29) is 0 Å². The van der Waals surface area contributed by atoms with E-state index in [4.69, 9.17) is 25.8 Å². The van der Waals surface area contributed by atoms with Gasteiger partial charge in [-0.15, -0.1) is 0 Å². The molecule has 2 rings (SSSR count). The first-order valence-electron chi connectivity index (χ1n) is 7.96. The molecule has 6 nitrogen and oxygen atoms in total. The largest absolute Gasteiger partial charge is 0.493 e. The highest BCUT2D eigenvalue weighted by Gasteiger charge is 2.17. The maximum absolute atomic E-state index is 12.5. The van der Waals surface area contributed by atoms with Crippen molar-refractivity contribution in [3.63, 3.8) is 0 Å². The van der Waals surface area contributed by atoms with Gasteiger partial charge in [-0.25, -0.2) is 5.43 Å². The average Bonchev–Trinajstić information content (AvgIpc) is 2.67. The molecule has 2 aromatic rings. The number of hydrogen-bond donors (Lipinski definition) is 1. The van der Waals surface area contributed by atoms with Crippen LogP contribution in [-0.2, 0) is 0 Å². The van der Waals surface area contributed by atoms with E-state index in [0.29, 0.717) is 40.0 Å². The molecular weight excluding hydrogens is 356 g/mol. The van der Waals surface area contributed by atoms with Crippen LogP contribution in [0.4, 0.5) is 0 Å². The van der Waals surface area contributed by atoms with Crippen LogP contribution < -0.4 is 19.6 Å². The summed E-state index contributed by atoms with van der Waals surface area (Å²) >= 11 is 6.02. The van der Waals surface area contributed by atoms with Crippen LogP contribution in [0.3, 0.4) is 0 Å². The lowest BCUT2D eigenvalue weighted by Crippen LogP contribution is -2.20. The van der Waals surface area contributed by atoms with Crippen LogP contribution in [0.1, 0.15) is 29.3 Å². The maximum atomic E-state index is 12.5. The first-order chi connectivity index (χ1) is 12.5. The molecular formula is C19H21ClN2O4. The smallest absolute Gasteiger partial charge is 0.271 e. The lowest BCUT2D eigenvalue weighted by Gasteiger charge is -2.13. The molecule has 1 amide bonds. The number of halogens is 1. The van der Waals surface area contributed by atoms with Crippen LogP contribution in [0.2, 0.25) is 5.02 Å². The summed E-state index contributed by atoms with van der Waals surface area (Å²) < 4.78 is 15.8. The predicted octanol–water partition coefficient (Wildman–Crippen LogP) is 3.91.